The molecule has 3 N–H and O–H groups in total. The van der Waals surface area contributed by atoms with E-state index in [-0.39, 0.29) is 5.29 Å². The SMILES string of the molecule is C=C(N=C(Cl)/[NH+]=C(\N)c1ccccc1)c1cccc(-c2ccccc2)c1. The summed E-state index contributed by atoms with van der Waals surface area (Å²) in [5.74, 6) is 0.435. The van der Waals surface area contributed by atoms with Crippen LogP contribution in [0.4, 0.5) is 0 Å². The first-order valence-corrected chi connectivity index (χ1v) is 8.55. The summed E-state index contributed by atoms with van der Waals surface area (Å²) in [5, 5.41) is 0.168. The van der Waals surface area contributed by atoms with Crippen molar-refractivity contribution in [3.8, 4) is 11.1 Å². The molecule has 3 aromatic rings. The Hall–Kier alpha value is -3.17. The number of aliphatic imine (C=N–C) groups is 1. The van der Waals surface area contributed by atoms with Gasteiger partial charge in [0.2, 0.25) is 5.84 Å². The maximum atomic E-state index is 6.20. The van der Waals surface area contributed by atoms with E-state index in [1.165, 1.54) is 0 Å². The highest BCUT2D eigenvalue weighted by molar-refractivity contribution is 6.62. The average molecular weight is 361 g/mol. The van der Waals surface area contributed by atoms with Crippen molar-refractivity contribution in [3.05, 3.63) is 103 Å². The molecule has 0 saturated heterocycles. The Kier molecular flexibility index (Phi) is 5.62. The lowest BCUT2D eigenvalue weighted by molar-refractivity contribution is -0.309. The van der Waals surface area contributed by atoms with Crippen LogP contribution >= 0.6 is 11.6 Å². The van der Waals surface area contributed by atoms with Crippen LogP contribution in [-0.4, -0.2) is 11.1 Å². The monoisotopic (exact) mass is 360 g/mol. The van der Waals surface area contributed by atoms with Crippen LogP contribution in [0.15, 0.2) is 96.5 Å². The molecule has 3 nitrogen and oxygen atoms in total. The van der Waals surface area contributed by atoms with E-state index >= 15 is 0 Å². The summed E-state index contributed by atoms with van der Waals surface area (Å²) in [6, 6.07) is 27.7. The Morgan fingerprint density at radius 3 is 2.08 bits per heavy atom. The van der Waals surface area contributed by atoms with Gasteiger partial charge in [-0.3, -0.25) is 0 Å². The zero-order chi connectivity index (χ0) is 18.4. The molecule has 0 aliphatic carbocycles. The lowest BCUT2D eigenvalue weighted by atomic mass is 10.0. The topological polar surface area (TPSA) is 52.3 Å². The summed E-state index contributed by atoms with van der Waals surface area (Å²) in [4.78, 5) is 7.22. The summed E-state index contributed by atoms with van der Waals surface area (Å²) in [6.45, 7) is 4.02. The third-order valence-corrected chi connectivity index (χ3v) is 4.04. The number of hydrogen-bond donors (Lipinski definition) is 2. The van der Waals surface area contributed by atoms with Gasteiger partial charge in [-0.2, -0.15) is 0 Å². The molecule has 26 heavy (non-hydrogen) atoms. The molecular weight excluding hydrogens is 342 g/mol. The van der Waals surface area contributed by atoms with Crippen LogP contribution in [0.2, 0.25) is 0 Å². The van der Waals surface area contributed by atoms with Crippen molar-refractivity contribution >= 4 is 28.4 Å². The molecule has 0 saturated carbocycles. The van der Waals surface area contributed by atoms with Gasteiger partial charge in [0, 0.05) is 11.1 Å². The number of nitrogens with two attached hydrogens (primary N) is 1. The molecule has 0 fully saturated rings. The standard InChI is InChI=1S/C22H18ClN3/c1-16(25-22(23)26-21(24)18-11-6-3-7-12-18)19-13-8-14-20(15-19)17-9-4-2-5-10-17/h2-15H,1H2,(H2,24,25,26)/p+1. The predicted molar refractivity (Wildman–Crippen MR) is 110 cm³/mol. The van der Waals surface area contributed by atoms with E-state index in [2.05, 4.69) is 34.8 Å². The van der Waals surface area contributed by atoms with Gasteiger partial charge in [-0.25, -0.2) is 4.99 Å². The largest absolute Gasteiger partial charge is 0.332 e. The lowest BCUT2D eigenvalue weighted by Crippen LogP contribution is -2.78. The molecule has 4 heteroatoms. The number of nitrogen functional groups attached to an aromatic ring is 1. The molecule has 3 aromatic carbocycles. The summed E-state index contributed by atoms with van der Waals surface area (Å²) in [5.41, 5.74) is 10.5. The van der Waals surface area contributed by atoms with E-state index in [9.17, 15) is 0 Å². The van der Waals surface area contributed by atoms with Crippen molar-refractivity contribution in [2.45, 2.75) is 0 Å². The van der Waals surface area contributed by atoms with E-state index in [1.807, 2.05) is 66.7 Å². The first-order chi connectivity index (χ1) is 12.6. The number of nitrogens with zero attached hydrogens (tertiary/aromatic N) is 1. The Labute approximate surface area is 158 Å². The molecule has 0 atom stereocenters. The van der Waals surface area contributed by atoms with Crippen molar-refractivity contribution in [1.29, 1.82) is 0 Å². The molecule has 0 spiro atoms. The van der Waals surface area contributed by atoms with E-state index in [1.54, 1.807) is 0 Å². The van der Waals surface area contributed by atoms with E-state index in [0.29, 0.717) is 11.5 Å². The van der Waals surface area contributed by atoms with Crippen molar-refractivity contribution in [3.63, 3.8) is 0 Å². The highest BCUT2D eigenvalue weighted by Gasteiger charge is 2.08. The molecule has 0 aliphatic rings. The summed E-state index contributed by atoms with van der Waals surface area (Å²) in [6.07, 6.45) is 0. The normalized spacial score (nSPS) is 12.0. The maximum absolute atomic E-state index is 6.20. The van der Waals surface area contributed by atoms with Gasteiger partial charge in [-0.1, -0.05) is 78.3 Å². The number of hydrogen-bond acceptors (Lipinski definition) is 1. The van der Waals surface area contributed by atoms with Crippen LogP contribution in [0.5, 0.6) is 0 Å². The second-order valence-corrected chi connectivity index (χ2v) is 6.06. The molecule has 3 rings (SSSR count). The van der Waals surface area contributed by atoms with Crippen LogP contribution < -0.4 is 10.7 Å². The Bertz CT molecular complexity index is 961. The third-order valence-electron chi connectivity index (χ3n) is 3.86. The smallest absolute Gasteiger partial charge is 0.318 e. The Morgan fingerprint density at radius 1 is 0.808 bits per heavy atom. The molecule has 0 aromatic heterocycles. The molecule has 0 aliphatic heterocycles. The summed E-state index contributed by atoms with van der Waals surface area (Å²) >= 11 is 6.20. The highest BCUT2D eigenvalue weighted by atomic mass is 35.5. The van der Waals surface area contributed by atoms with Gasteiger partial charge < -0.3 is 5.73 Å². The van der Waals surface area contributed by atoms with Gasteiger partial charge in [0.25, 0.3) is 0 Å². The summed E-state index contributed by atoms with van der Waals surface area (Å²) in [7, 11) is 0. The number of amidine groups is 2. The predicted octanol–water partition coefficient (Wildman–Crippen LogP) is 3.41. The van der Waals surface area contributed by atoms with Crippen molar-refractivity contribution in [1.82, 2.24) is 0 Å². The summed E-state index contributed by atoms with van der Waals surface area (Å²) < 4.78 is 0. The van der Waals surface area contributed by atoms with Crippen molar-refractivity contribution in [2.24, 2.45) is 10.7 Å². The lowest BCUT2D eigenvalue weighted by Gasteiger charge is -2.04. The fourth-order valence-corrected chi connectivity index (χ4v) is 2.72. The quantitative estimate of drug-likeness (QED) is 0.418. The second kappa shape index (κ2) is 8.28. The first kappa shape index (κ1) is 17.6. The fourth-order valence-electron chi connectivity index (χ4n) is 2.52. The Balaban J connectivity index is 1.82. The van der Waals surface area contributed by atoms with E-state index in [0.717, 1.165) is 22.3 Å². The molecule has 128 valence electrons. The van der Waals surface area contributed by atoms with Crippen LogP contribution in [-0.2, 0) is 0 Å². The molecule has 0 bridgehead atoms. The minimum absolute atomic E-state index is 0.168. The van der Waals surface area contributed by atoms with Crippen LogP contribution in [0.3, 0.4) is 0 Å². The van der Waals surface area contributed by atoms with E-state index in [4.69, 9.17) is 17.3 Å². The molecule has 0 amide bonds. The fraction of sp³-hybridized carbons (Fsp3) is 0. The highest BCUT2D eigenvalue weighted by Crippen LogP contribution is 2.23. The van der Waals surface area contributed by atoms with Gasteiger partial charge in [0.15, 0.2) is 0 Å². The molecule has 0 radical (unpaired) electrons. The second-order valence-electron chi connectivity index (χ2n) is 5.70. The van der Waals surface area contributed by atoms with E-state index < -0.39 is 0 Å². The molecule has 0 heterocycles. The van der Waals surface area contributed by atoms with Crippen molar-refractivity contribution < 1.29 is 4.99 Å². The van der Waals surface area contributed by atoms with Crippen LogP contribution in [0, 0.1) is 0 Å². The zero-order valence-electron chi connectivity index (χ0n) is 14.2. The van der Waals surface area contributed by atoms with Crippen LogP contribution in [0.25, 0.3) is 16.8 Å². The maximum Gasteiger partial charge on any atom is 0.332 e. The molecular formula is C22H19ClN3+. The first-order valence-electron chi connectivity index (χ1n) is 8.17. The minimum Gasteiger partial charge on any atom is -0.318 e. The number of nitrogens with one attached hydrogen (secondary N) is 1. The van der Waals surface area contributed by atoms with Gasteiger partial charge in [0.05, 0.1) is 0 Å². The third kappa shape index (κ3) is 4.47. The number of rotatable bonds is 4. The van der Waals surface area contributed by atoms with Gasteiger partial charge in [-0.05, 0) is 40.9 Å². The van der Waals surface area contributed by atoms with Crippen molar-refractivity contribution in [2.75, 3.05) is 0 Å². The molecule has 0 unspecified atom stereocenters. The Morgan fingerprint density at radius 2 is 1.38 bits per heavy atom. The zero-order valence-corrected chi connectivity index (χ0v) is 14.9. The van der Waals surface area contributed by atoms with Gasteiger partial charge in [0.1, 0.15) is 5.70 Å². The van der Waals surface area contributed by atoms with Gasteiger partial charge in [-0.15, -0.1) is 0 Å². The number of benzene rings is 3. The van der Waals surface area contributed by atoms with Crippen LogP contribution in [0.1, 0.15) is 11.1 Å². The van der Waals surface area contributed by atoms with Gasteiger partial charge >= 0.3 is 5.29 Å². The number of halogens is 1. The minimum atomic E-state index is 0.168. The average Bonchev–Trinajstić information content (AvgIpc) is 2.69.